The highest BCUT2D eigenvalue weighted by molar-refractivity contribution is 7.89. The quantitative estimate of drug-likeness (QED) is 0.847. The molecule has 0 unspecified atom stereocenters. The molecule has 0 fully saturated rings. The number of nitrogens with two attached hydrogens (primary N) is 1. The highest BCUT2D eigenvalue weighted by atomic mass is 32.2. The summed E-state index contributed by atoms with van der Waals surface area (Å²) in [7, 11) is -3.58. The van der Waals surface area contributed by atoms with Crippen LogP contribution in [0.25, 0.3) is 0 Å². The van der Waals surface area contributed by atoms with Gasteiger partial charge in [-0.3, -0.25) is 4.79 Å². The molecule has 1 aromatic carbocycles. The Balaban J connectivity index is 3.06. The third kappa shape index (κ3) is 4.46. The van der Waals surface area contributed by atoms with E-state index < -0.39 is 21.5 Å². The summed E-state index contributed by atoms with van der Waals surface area (Å²) in [4.78, 5) is 11.0. The molecular weight excluding hydrogens is 252 g/mol. The van der Waals surface area contributed by atoms with Gasteiger partial charge in [-0.1, -0.05) is 12.1 Å². The van der Waals surface area contributed by atoms with Gasteiger partial charge in [-0.05, 0) is 38.5 Å². The Bertz CT molecular complexity index is 545. The molecular formula is C12H18N2O3S. The minimum atomic E-state index is -3.58. The molecule has 0 spiro atoms. The molecule has 0 aliphatic rings. The van der Waals surface area contributed by atoms with E-state index in [-0.39, 0.29) is 11.3 Å². The van der Waals surface area contributed by atoms with Crippen molar-refractivity contribution in [3.8, 4) is 0 Å². The van der Waals surface area contributed by atoms with Crippen LogP contribution < -0.4 is 10.5 Å². The highest BCUT2D eigenvalue weighted by Crippen LogP contribution is 2.14. The lowest BCUT2D eigenvalue weighted by atomic mass is 10.1. The second-order valence-corrected chi connectivity index (χ2v) is 6.83. The number of primary amides is 1. The zero-order valence-corrected chi connectivity index (χ0v) is 11.5. The first kappa shape index (κ1) is 14.7. The normalized spacial score (nSPS) is 12.4. The van der Waals surface area contributed by atoms with Crippen LogP contribution in [-0.4, -0.2) is 19.9 Å². The zero-order chi connectivity index (χ0) is 14.0. The number of sulfonamides is 1. The SMILES string of the molecule is CC(C)(C)NS(=O)(=O)c1cccc(CC(N)=O)c1. The fourth-order valence-electron chi connectivity index (χ4n) is 1.49. The Labute approximate surface area is 107 Å². The Morgan fingerprint density at radius 2 is 1.94 bits per heavy atom. The molecule has 0 atom stereocenters. The van der Waals surface area contributed by atoms with E-state index in [1.807, 2.05) is 0 Å². The molecule has 6 heteroatoms. The molecule has 5 nitrogen and oxygen atoms in total. The minimum absolute atomic E-state index is 0.0267. The van der Waals surface area contributed by atoms with E-state index in [9.17, 15) is 13.2 Å². The van der Waals surface area contributed by atoms with Crippen molar-refractivity contribution in [2.45, 2.75) is 37.6 Å². The zero-order valence-electron chi connectivity index (χ0n) is 10.7. The molecule has 100 valence electrons. The second kappa shape index (κ2) is 5.07. The number of benzene rings is 1. The number of hydrogen-bond acceptors (Lipinski definition) is 3. The first-order valence-corrected chi connectivity index (χ1v) is 7.00. The Morgan fingerprint density at radius 3 is 2.44 bits per heavy atom. The predicted octanol–water partition coefficient (Wildman–Crippen LogP) is 0.791. The Kier molecular flexibility index (Phi) is 4.13. The van der Waals surface area contributed by atoms with Crippen LogP contribution in [0.2, 0.25) is 0 Å². The molecule has 1 amide bonds. The summed E-state index contributed by atoms with van der Waals surface area (Å²) >= 11 is 0. The molecule has 3 N–H and O–H groups in total. The lowest BCUT2D eigenvalue weighted by molar-refractivity contribution is -0.117. The van der Waals surface area contributed by atoms with Crippen molar-refractivity contribution in [3.05, 3.63) is 29.8 Å². The van der Waals surface area contributed by atoms with Gasteiger partial charge in [-0.15, -0.1) is 0 Å². The summed E-state index contributed by atoms with van der Waals surface area (Å²) in [6, 6.07) is 6.20. The fraction of sp³-hybridized carbons (Fsp3) is 0.417. The van der Waals surface area contributed by atoms with Gasteiger partial charge < -0.3 is 5.73 Å². The maximum atomic E-state index is 12.1. The highest BCUT2D eigenvalue weighted by Gasteiger charge is 2.22. The van der Waals surface area contributed by atoms with Crippen molar-refractivity contribution in [1.82, 2.24) is 4.72 Å². The number of amides is 1. The predicted molar refractivity (Wildman–Crippen MR) is 69.4 cm³/mol. The van der Waals surface area contributed by atoms with Gasteiger partial charge in [0, 0.05) is 5.54 Å². The molecule has 0 bridgehead atoms. The summed E-state index contributed by atoms with van der Waals surface area (Å²) in [6.45, 7) is 5.29. The molecule has 0 saturated heterocycles. The van der Waals surface area contributed by atoms with Crippen LogP contribution >= 0.6 is 0 Å². The Morgan fingerprint density at radius 1 is 1.33 bits per heavy atom. The summed E-state index contributed by atoms with van der Waals surface area (Å²) in [6.07, 6.45) is 0.0267. The number of carbonyl (C=O) groups is 1. The topological polar surface area (TPSA) is 89.3 Å². The van der Waals surface area contributed by atoms with Crippen molar-refractivity contribution in [3.63, 3.8) is 0 Å². The lowest BCUT2D eigenvalue weighted by Gasteiger charge is -2.20. The van der Waals surface area contributed by atoms with Crippen LogP contribution in [0, 0.1) is 0 Å². The first-order valence-electron chi connectivity index (χ1n) is 5.51. The van der Waals surface area contributed by atoms with Crippen molar-refractivity contribution in [2.24, 2.45) is 5.73 Å². The average Bonchev–Trinajstić information content (AvgIpc) is 2.13. The first-order chi connectivity index (χ1) is 8.10. The van der Waals surface area contributed by atoms with Gasteiger partial charge in [0.15, 0.2) is 0 Å². The molecule has 18 heavy (non-hydrogen) atoms. The van der Waals surface area contributed by atoms with Crippen LogP contribution in [0.5, 0.6) is 0 Å². The molecule has 0 heterocycles. The van der Waals surface area contributed by atoms with E-state index in [0.29, 0.717) is 5.56 Å². The van der Waals surface area contributed by atoms with E-state index in [2.05, 4.69) is 4.72 Å². The number of rotatable bonds is 4. The van der Waals surface area contributed by atoms with Crippen molar-refractivity contribution >= 4 is 15.9 Å². The van der Waals surface area contributed by atoms with Gasteiger partial charge in [0.2, 0.25) is 15.9 Å². The minimum Gasteiger partial charge on any atom is -0.369 e. The standard InChI is InChI=1S/C12H18N2O3S/c1-12(2,3)14-18(16,17)10-6-4-5-9(7-10)8-11(13)15/h4-7,14H,8H2,1-3H3,(H2,13,15). The van der Waals surface area contributed by atoms with Gasteiger partial charge in [0.25, 0.3) is 0 Å². The molecule has 0 aliphatic carbocycles. The maximum absolute atomic E-state index is 12.1. The van der Waals surface area contributed by atoms with E-state index in [1.165, 1.54) is 12.1 Å². The lowest BCUT2D eigenvalue weighted by Crippen LogP contribution is -2.40. The summed E-state index contributed by atoms with van der Waals surface area (Å²) in [5.41, 5.74) is 5.11. The fourth-order valence-corrected chi connectivity index (χ4v) is 2.97. The van der Waals surface area contributed by atoms with Gasteiger partial charge in [0.1, 0.15) is 0 Å². The van der Waals surface area contributed by atoms with Crippen LogP contribution in [0.4, 0.5) is 0 Å². The van der Waals surface area contributed by atoms with Crippen molar-refractivity contribution in [2.75, 3.05) is 0 Å². The second-order valence-electron chi connectivity index (χ2n) is 5.15. The van der Waals surface area contributed by atoms with Crippen LogP contribution in [0.15, 0.2) is 29.2 Å². The molecule has 0 aromatic heterocycles. The number of nitrogens with one attached hydrogen (secondary N) is 1. The molecule has 1 aromatic rings. The number of hydrogen-bond donors (Lipinski definition) is 2. The van der Waals surface area contributed by atoms with E-state index in [0.717, 1.165) is 0 Å². The van der Waals surface area contributed by atoms with E-state index in [4.69, 9.17) is 5.73 Å². The number of carbonyl (C=O) groups excluding carboxylic acids is 1. The van der Waals surface area contributed by atoms with Crippen LogP contribution in [0.1, 0.15) is 26.3 Å². The third-order valence-corrected chi connectivity index (χ3v) is 3.78. The van der Waals surface area contributed by atoms with Crippen molar-refractivity contribution < 1.29 is 13.2 Å². The third-order valence-electron chi connectivity index (χ3n) is 2.03. The molecule has 0 radical (unpaired) electrons. The Hall–Kier alpha value is -1.40. The monoisotopic (exact) mass is 270 g/mol. The average molecular weight is 270 g/mol. The van der Waals surface area contributed by atoms with Gasteiger partial charge in [0.05, 0.1) is 11.3 Å². The van der Waals surface area contributed by atoms with Crippen LogP contribution in [-0.2, 0) is 21.2 Å². The van der Waals surface area contributed by atoms with Gasteiger partial charge >= 0.3 is 0 Å². The summed E-state index contributed by atoms with van der Waals surface area (Å²) in [5.74, 6) is -0.492. The van der Waals surface area contributed by atoms with Gasteiger partial charge in [-0.25, -0.2) is 13.1 Å². The van der Waals surface area contributed by atoms with E-state index >= 15 is 0 Å². The summed E-state index contributed by atoms with van der Waals surface area (Å²) < 4.78 is 26.7. The van der Waals surface area contributed by atoms with E-state index in [1.54, 1.807) is 32.9 Å². The van der Waals surface area contributed by atoms with Gasteiger partial charge in [-0.2, -0.15) is 0 Å². The summed E-state index contributed by atoms with van der Waals surface area (Å²) in [5, 5.41) is 0. The molecule has 1 rings (SSSR count). The smallest absolute Gasteiger partial charge is 0.241 e. The molecule has 0 saturated carbocycles. The maximum Gasteiger partial charge on any atom is 0.241 e. The largest absolute Gasteiger partial charge is 0.369 e. The van der Waals surface area contributed by atoms with Crippen LogP contribution in [0.3, 0.4) is 0 Å². The molecule has 0 aliphatic heterocycles. The van der Waals surface area contributed by atoms with Crippen molar-refractivity contribution in [1.29, 1.82) is 0 Å².